The van der Waals surface area contributed by atoms with Crippen molar-refractivity contribution in [3.8, 4) is 0 Å². The SMILES string of the molecule is COC(=O)[C@@H](N)C1C=CCC1. The van der Waals surface area contributed by atoms with E-state index in [0.29, 0.717) is 0 Å². The molecule has 2 atom stereocenters. The molecule has 3 nitrogen and oxygen atoms in total. The van der Waals surface area contributed by atoms with Gasteiger partial charge in [0.1, 0.15) is 6.04 Å². The van der Waals surface area contributed by atoms with Crippen molar-refractivity contribution >= 4 is 5.97 Å². The first-order chi connectivity index (χ1) is 5.25. The molecule has 0 radical (unpaired) electrons. The third kappa shape index (κ3) is 1.80. The quantitative estimate of drug-likeness (QED) is 0.465. The lowest BCUT2D eigenvalue weighted by molar-refractivity contribution is -0.143. The highest BCUT2D eigenvalue weighted by Crippen LogP contribution is 2.19. The van der Waals surface area contributed by atoms with Crippen LogP contribution in [0.1, 0.15) is 12.8 Å². The Morgan fingerprint density at radius 1 is 1.82 bits per heavy atom. The lowest BCUT2D eigenvalue weighted by Gasteiger charge is -2.14. The molecular weight excluding hydrogens is 142 g/mol. The number of allylic oxidation sites excluding steroid dienone is 1. The molecule has 3 heteroatoms. The summed E-state index contributed by atoms with van der Waals surface area (Å²) in [6, 6.07) is -0.473. The number of methoxy groups -OCH3 is 1. The van der Waals surface area contributed by atoms with Crippen LogP contribution in [0.25, 0.3) is 0 Å². The number of hydrogen-bond acceptors (Lipinski definition) is 3. The molecule has 0 amide bonds. The normalized spacial score (nSPS) is 25.1. The molecule has 0 aliphatic heterocycles. The molecule has 0 saturated carbocycles. The molecule has 0 aromatic rings. The van der Waals surface area contributed by atoms with Gasteiger partial charge < -0.3 is 10.5 Å². The van der Waals surface area contributed by atoms with Crippen LogP contribution in [0.15, 0.2) is 12.2 Å². The van der Waals surface area contributed by atoms with Crippen LogP contribution in [0.5, 0.6) is 0 Å². The molecular formula is C8H13NO2. The summed E-state index contributed by atoms with van der Waals surface area (Å²) < 4.78 is 4.53. The maximum Gasteiger partial charge on any atom is 0.323 e. The van der Waals surface area contributed by atoms with Crippen LogP contribution in [0, 0.1) is 5.92 Å². The molecule has 62 valence electrons. The molecule has 0 aromatic carbocycles. The van der Waals surface area contributed by atoms with Gasteiger partial charge in [0.15, 0.2) is 0 Å². The monoisotopic (exact) mass is 155 g/mol. The summed E-state index contributed by atoms with van der Waals surface area (Å²) >= 11 is 0. The largest absolute Gasteiger partial charge is 0.468 e. The van der Waals surface area contributed by atoms with Crippen molar-refractivity contribution in [3.05, 3.63) is 12.2 Å². The van der Waals surface area contributed by atoms with Gasteiger partial charge in [-0.05, 0) is 12.8 Å². The summed E-state index contributed by atoms with van der Waals surface area (Å²) in [5.41, 5.74) is 5.61. The first kappa shape index (κ1) is 8.27. The molecule has 2 N–H and O–H groups in total. The van der Waals surface area contributed by atoms with Crippen molar-refractivity contribution < 1.29 is 9.53 Å². The third-order valence-electron chi connectivity index (χ3n) is 1.98. The smallest absolute Gasteiger partial charge is 0.323 e. The third-order valence-corrected chi connectivity index (χ3v) is 1.98. The molecule has 1 rings (SSSR count). The highest BCUT2D eigenvalue weighted by Gasteiger charge is 2.24. The predicted molar refractivity (Wildman–Crippen MR) is 41.9 cm³/mol. The Bertz CT molecular complexity index is 177. The van der Waals surface area contributed by atoms with E-state index in [1.807, 2.05) is 12.2 Å². The van der Waals surface area contributed by atoms with Crippen LogP contribution >= 0.6 is 0 Å². The highest BCUT2D eigenvalue weighted by atomic mass is 16.5. The fraction of sp³-hybridized carbons (Fsp3) is 0.625. The van der Waals surface area contributed by atoms with Crippen LogP contribution in [0.4, 0.5) is 0 Å². The molecule has 0 fully saturated rings. The fourth-order valence-electron chi connectivity index (χ4n) is 1.27. The highest BCUT2D eigenvalue weighted by molar-refractivity contribution is 5.76. The van der Waals surface area contributed by atoms with Gasteiger partial charge in [0, 0.05) is 5.92 Å². The lowest BCUT2D eigenvalue weighted by atomic mass is 10.0. The number of hydrogen-bond donors (Lipinski definition) is 1. The van der Waals surface area contributed by atoms with Gasteiger partial charge in [-0.15, -0.1) is 0 Å². The maximum atomic E-state index is 10.9. The van der Waals surface area contributed by atoms with E-state index in [0.717, 1.165) is 12.8 Å². The number of ether oxygens (including phenoxy) is 1. The molecule has 0 bridgehead atoms. The fourth-order valence-corrected chi connectivity index (χ4v) is 1.27. The van der Waals surface area contributed by atoms with Crippen molar-refractivity contribution in [2.75, 3.05) is 7.11 Å². The zero-order chi connectivity index (χ0) is 8.27. The molecule has 1 aliphatic carbocycles. The zero-order valence-electron chi connectivity index (χ0n) is 6.62. The second kappa shape index (κ2) is 3.53. The van der Waals surface area contributed by atoms with Crippen molar-refractivity contribution in [1.82, 2.24) is 0 Å². The minimum absolute atomic E-state index is 0.183. The van der Waals surface area contributed by atoms with Crippen LogP contribution in [0.3, 0.4) is 0 Å². The van der Waals surface area contributed by atoms with Crippen molar-refractivity contribution in [2.24, 2.45) is 11.7 Å². The predicted octanol–water partition coefficient (Wildman–Crippen LogP) is 0.453. The van der Waals surface area contributed by atoms with Gasteiger partial charge in [-0.2, -0.15) is 0 Å². The zero-order valence-corrected chi connectivity index (χ0v) is 6.62. The number of carbonyl (C=O) groups is 1. The average molecular weight is 155 g/mol. The maximum absolute atomic E-state index is 10.9. The van der Waals surface area contributed by atoms with E-state index in [1.54, 1.807) is 0 Å². The summed E-state index contributed by atoms with van der Waals surface area (Å²) in [4.78, 5) is 10.9. The van der Waals surface area contributed by atoms with Crippen molar-refractivity contribution in [3.63, 3.8) is 0 Å². The molecule has 1 aliphatic rings. The van der Waals surface area contributed by atoms with Gasteiger partial charge in [-0.1, -0.05) is 12.2 Å². The number of nitrogens with two attached hydrogens (primary N) is 1. The Balaban J connectivity index is 2.46. The molecule has 1 unspecified atom stereocenters. The Morgan fingerprint density at radius 2 is 2.55 bits per heavy atom. The minimum atomic E-state index is -0.473. The van der Waals surface area contributed by atoms with E-state index < -0.39 is 6.04 Å². The summed E-state index contributed by atoms with van der Waals surface area (Å²) in [7, 11) is 1.36. The minimum Gasteiger partial charge on any atom is -0.468 e. The summed E-state index contributed by atoms with van der Waals surface area (Å²) in [6.07, 6.45) is 6.03. The van der Waals surface area contributed by atoms with E-state index >= 15 is 0 Å². The van der Waals surface area contributed by atoms with Gasteiger partial charge >= 0.3 is 5.97 Å². The summed E-state index contributed by atoms with van der Waals surface area (Å²) in [5, 5.41) is 0. The first-order valence-corrected chi connectivity index (χ1v) is 3.76. The standard InChI is InChI=1S/C8H13NO2/c1-11-8(10)7(9)6-4-2-3-5-6/h2,4,6-7H,3,5,9H2,1H3/t6?,7-/m0/s1. The van der Waals surface area contributed by atoms with E-state index in [9.17, 15) is 4.79 Å². The average Bonchev–Trinajstić information content (AvgIpc) is 2.53. The van der Waals surface area contributed by atoms with Crippen LogP contribution in [0.2, 0.25) is 0 Å². The second-order valence-electron chi connectivity index (χ2n) is 2.72. The number of esters is 1. The summed E-state index contributed by atoms with van der Waals surface area (Å²) in [6.45, 7) is 0. The van der Waals surface area contributed by atoms with Crippen molar-refractivity contribution in [2.45, 2.75) is 18.9 Å². The van der Waals surface area contributed by atoms with Gasteiger partial charge in [-0.25, -0.2) is 0 Å². The first-order valence-electron chi connectivity index (χ1n) is 3.76. The number of carbonyl (C=O) groups excluding carboxylic acids is 1. The van der Waals surface area contributed by atoms with E-state index in [1.165, 1.54) is 7.11 Å². The van der Waals surface area contributed by atoms with Gasteiger partial charge in [0.25, 0.3) is 0 Å². The Hall–Kier alpha value is -0.830. The molecule has 0 aromatic heterocycles. The van der Waals surface area contributed by atoms with E-state index in [2.05, 4.69) is 4.74 Å². The van der Waals surface area contributed by atoms with Crippen LogP contribution in [-0.4, -0.2) is 19.1 Å². The topological polar surface area (TPSA) is 52.3 Å². The lowest BCUT2D eigenvalue weighted by Crippen LogP contribution is -2.37. The molecule has 0 spiro atoms. The van der Waals surface area contributed by atoms with Gasteiger partial charge in [0.2, 0.25) is 0 Å². The van der Waals surface area contributed by atoms with Crippen LogP contribution < -0.4 is 5.73 Å². The van der Waals surface area contributed by atoms with Crippen molar-refractivity contribution in [1.29, 1.82) is 0 Å². The Morgan fingerprint density at radius 3 is 3.00 bits per heavy atom. The molecule has 0 heterocycles. The van der Waals surface area contributed by atoms with Crippen LogP contribution in [-0.2, 0) is 9.53 Å². The van der Waals surface area contributed by atoms with Gasteiger partial charge in [-0.3, -0.25) is 4.79 Å². The van der Waals surface area contributed by atoms with E-state index in [-0.39, 0.29) is 11.9 Å². The Kier molecular flexibility index (Phi) is 2.65. The Labute approximate surface area is 66.2 Å². The molecule has 0 saturated heterocycles. The second-order valence-corrected chi connectivity index (χ2v) is 2.72. The summed E-state index contributed by atoms with van der Waals surface area (Å²) in [5.74, 6) is -0.135. The molecule has 11 heavy (non-hydrogen) atoms. The van der Waals surface area contributed by atoms with E-state index in [4.69, 9.17) is 5.73 Å². The number of rotatable bonds is 2. The van der Waals surface area contributed by atoms with Gasteiger partial charge in [0.05, 0.1) is 7.11 Å².